The molecule has 0 spiro atoms. The molecule has 1 aliphatic rings. The molecule has 37 heavy (non-hydrogen) atoms. The van der Waals surface area contributed by atoms with Crippen molar-refractivity contribution in [3.05, 3.63) is 112 Å². The Labute approximate surface area is 224 Å². The SMILES string of the molecule is Cc1nc(-c2ccccc2)nc(N2CCN(CC(O)Cc3ccccc3)CC2)c1Cc1ccccc1Cl. The number of aliphatic hydroxyl groups is 1. The summed E-state index contributed by atoms with van der Waals surface area (Å²) in [4.78, 5) is 14.7. The van der Waals surface area contributed by atoms with Crippen molar-refractivity contribution in [3.63, 3.8) is 0 Å². The Morgan fingerprint density at radius 2 is 1.49 bits per heavy atom. The summed E-state index contributed by atoms with van der Waals surface area (Å²) in [5, 5.41) is 11.4. The standard InChI is InChI=1S/C31H33ClN4O/c1-23-28(21-26-14-8-9-15-29(26)32)31(34-30(33-23)25-12-6-3-7-13-25)36-18-16-35(17-19-36)22-27(37)20-24-10-4-2-5-11-24/h2-15,27,37H,16-22H2,1H3. The number of aryl methyl sites for hydroxylation is 1. The number of piperazine rings is 1. The summed E-state index contributed by atoms with van der Waals surface area (Å²) in [5.74, 6) is 1.73. The van der Waals surface area contributed by atoms with Crippen LogP contribution in [0.5, 0.6) is 0 Å². The fourth-order valence-electron chi connectivity index (χ4n) is 4.99. The van der Waals surface area contributed by atoms with Crippen LogP contribution in [0, 0.1) is 6.92 Å². The fraction of sp³-hybridized carbons (Fsp3) is 0.290. The lowest BCUT2D eigenvalue weighted by Crippen LogP contribution is -2.49. The number of aliphatic hydroxyl groups excluding tert-OH is 1. The molecule has 0 bridgehead atoms. The van der Waals surface area contributed by atoms with E-state index in [-0.39, 0.29) is 6.10 Å². The van der Waals surface area contributed by atoms with Crippen molar-refractivity contribution < 1.29 is 5.11 Å². The van der Waals surface area contributed by atoms with Gasteiger partial charge in [0.25, 0.3) is 0 Å². The number of rotatable bonds is 8. The monoisotopic (exact) mass is 512 g/mol. The number of nitrogens with zero attached hydrogens (tertiary/aromatic N) is 4. The number of hydrogen-bond donors (Lipinski definition) is 1. The van der Waals surface area contributed by atoms with E-state index < -0.39 is 0 Å². The van der Waals surface area contributed by atoms with Gasteiger partial charge in [0.15, 0.2) is 5.82 Å². The van der Waals surface area contributed by atoms with Crippen molar-refractivity contribution in [2.45, 2.75) is 25.9 Å². The second kappa shape index (κ2) is 11.9. The summed E-state index contributed by atoms with van der Waals surface area (Å²) in [6.45, 7) is 6.19. The van der Waals surface area contributed by atoms with Crippen LogP contribution in [0.15, 0.2) is 84.9 Å². The molecule has 190 valence electrons. The average molecular weight is 513 g/mol. The van der Waals surface area contributed by atoms with Crippen LogP contribution in [0.3, 0.4) is 0 Å². The van der Waals surface area contributed by atoms with Gasteiger partial charge in [-0.2, -0.15) is 0 Å². The smallest absolute Gasteiger partial charge is 0.161 e. The van der Waals surface area contributed by atoms with Gasteiger partial charge in [-0.1, -0.05) is 90.5 Å². The summed E-state index contributed by atoms with van der Waals surface area (Å²) in [6, 6.07) is 28.3. The Hall–Kier alpha value is -3.25. The summed E-state index contributed by atoms with van der Waals surface area (Å²) in [5.41, 5.74) is 5.35. The molecule has 1 unspecified atom stereocenters. The molecule has 5 nitrogen and oxygen atoms in total. The highest BCUT2D eigenvalue weighted by atomic mass is 35.5. The minimum absolute atomic E-state index is 0.379. The number of benzene rings is 3. The lowest BCUT2D eigenvalue weighted by Gasteiger charge is -2.37. The molecule has 1 N–H and O–H groups in total. The molecule has 0 radical (unpaired) electrons. The third kappa shape index (κ3) is 6.37. The summed E-state index contributed by atoms with van der Waals surface area (Å²) in [6.07, 6.45) is 0.983. The minimum atomic E-state index is -0.379. The van der Waals surface area contributed by atoms with Gasteiger partial charge in [0.05, 0.1) is 6.10 Å². The average Bonchev–Trinajstić information content (AvgIpc) is 2.92. The van der Waals surface area contributed by atoms with Crippen molar-refractivity contribution in [2.24, 2.45) is 0 Å². The largest absolute Gasteiger partial charge is 0.391 e. The normalized spacial score (nSPS) is 15.1. The second-order valence-corrected chi connectivity index (χ2v) is 10.1. The maximum atomic E-state index is 10.7. The van der Waals surface area contributed by atoms with E-state index in [0.717, 1.165) is 65.2 Å². The Morgan fingerprint density at radius 1 is 0.838 bits per heavy atom. The van der Waals surface area contributed by atoms with E-state index in [1.807, 2.05) is 54.6 Å². The number of anilines is 1. The van der Waals surface area contributed by atoms with Crippen LogP contribution in [0.2, 0.25) is 5.02 Å². The van der Waals surface area contributed by atoms with Crippen LogP contribution in [-0.2, 0) is 12.8 Å². The molecule has 1 fully saturated rings. The summed E-state index contributed by atoms with van der Waals surface area (Å²) in [7, 11) is 0. The fourth-order valence-corrected chi connectivity index (χ4v) is 5.19. The van der Waals surface area contributed by atoms with Crippen LogP contribution in [0.25, 0.3) is 11.4 Å². The maximum Gasteiger partial charge on any atom is 0.161 e. The predicted molar refractivity (Wildman–Crippen MR) is 151 cm³/mol. The molecule has 1 aliphatic heterocycles. The molecule has 1 aromatic heterocycles. The van der Waals surface area contributed by atoms with Crippen LogP contribution in [-0.4, -0.2) is 58.8 Å². The van der Waals surface area contributed by atoms with Crippen molar-refractivity contribution in [1.82, 2.24) is 14.9 Å². The highest BCUT2D eigenvalue weighted by molar-refractivity contribution is 6.31. The zero-order valence-electron chi connectivity index (χ0n) is 21.2. The first-order valence-corrected chi connectivity index (χ1v) is 13.3. The first-order valence-electron chi connectivity index (χ1n) is 12.9. The molecule has 0 saturated carbocycles. The molecule has 3 aromatic carbocycles. The van der Waals surface area contributed by atoms with Crippen molar-refractivity contribution >= 4 is 17.4 Å². The van der Waals surface area contributed by atoms with Crippen molar-refractivity contribution in [1.29, 1.82) is 0 Å². The zero-order valence-corrected chi connectivity index (χ0v) is 22.0. The van der Waals surface area contributed by atoms with Gasteiger partial charge in [-0.25, -0.2) is 9.97 Å². The molecule has 4 aromatic rings. The van der Waals surface area contributed by atoms with Gasteiger partial charge in [0.2, 0.25) is 0 Å². The molecule has 5 rings (SSSR count). The van der Waals surface area contributed by atoms with Gasteiger partial charge in [0, 0.05) is 61.0 Å². The van der Waals surface area contributed by atoms with Gasteiger partial charge in [-0.05, 0) is 30.5 Å². The van der Waals surface area contributed by atoms with Gasteiger partial charge in [0.1, 0.15) is 5.82 Å². The Bertz CT molecular complexity index is 1310. The van der Waals surface area contributed by atoms with Crippen molar-refractivity contribution in [3.8, 4) is 11.4 Å². The molecule has 0 amide bonds. The lowest BCUT2D eigenvalue weighted by atomic mass is 10.0. The molecular formula is C31H33ClN4O. The summed E-state index contributed by atoms with van der Waals surface area (Å²) < 4.78 is 0. The molecule has 2 heterocycles. The summed E-state index contributed by atoms with van der Waals surface area (Å²) >= 11 is 6.53. The second-order valence-electron chi connectivity index (χ2n) is 9.70. The van der Waals surface area contributed by atoms with E-state index in [4.69, 9.17) is 21.6 Å². The molecule has 0 aliphatic carbocycles. The minimum Gasteiger partial charge on any atom is -0.391 e. The Morgan fingerprint density at radius 3 is 2.19 bits per heavy atom. The van der Waals surface area contributed by atoms with Crippen LogP contribution < -0.4 is 4.90 Å². The van der Waals surface area contributed by atoms with E-state index in [0.29, 0.717) is 19.4 Å². The Balaban J connectivity index is 1.35. The zero-order chi connectivity index (χ0) is 25.6. The van der Waals surface area contributed by atoms with E-state index in [2.05, 4.69) is 47.1 Å². The van der Waals surface area contributed by atoms with Crippen LogP contribution in [0.1, 0.15) is 22.4 Å². The van der Waals surface area contributed by atoms with Crippen LogP contribution in [0.4, 0.5) is 5.82 Å². The van der Waals surface area contributed by atoms with Crippen molar-refractivity contribution in [2.75, 3.05) is 37.6 Å². The third-order valence-electron chi connectivity index (χ3n) is 7.00. The van der Waals surface area contributed by atoms with E-state index >= 15 is 0 Å². The highest BCUT2D eigenvalue weighted by Crippen LogP contribution is 2.30. The first kappa shape index (κ1) is 25.4. The number of aromatic nitrogens is 2. The lowest BCUT2D eigenvalue weighted by molar-refractivity contribution is 0.109. The van der Waals surface area contributed by atoms with Gasteiger partial charge in [-0.3, -0.25) is 4.90 Å². The third-order valence-corrected chi connectivity index (χ3v) is 7.37. The number of β-amino-alcohol motifs (C(OH)–C–C–N with tert-alkyl or cyclic N) is 1. The van der Waals surface area contributed by atoms with Crippen LogP contribution >= 0.6 is 11.6 Å². The molecular weight excluding hydrogens is 480 g/mol. The van der Waals surface area contributed by atoms with E-state index in [1.165, 1.54) is 5.56 Å². The predicted octanol–water partition coefficient (Wildman–Crippen LogP) is 5.42. The number of halogens is 1. The molecule has 6 heteroatoms. The first-order chi connectivity index (χ1) is 18.1. The van der Waals surface area contributed by atoms with E-state index in [1.54, 1.807) is 0 Å². The quantitative estimate of drug-likeness (QED) is 0.341. The van der Waals surface area contributed by atoms with Gasteiger partial charge >= 0.3 is 0 Å². The molecule has 1 saturated heterocycles. The van der Waals surface area contributed by atoms with Gasteiger partial charge in [-0.15, -0.1) is 0 Å². The molecule has 1 atom stereocenters. The maximum absolute atomic E-state index is 10.7. The number of hydrogen-bond acceptors (Lipinski definition) is 5. The highest BCUT2D eigenvalue weighted by Gasteiger charge is 2.24. The van der Waals surface area contributed by atoms with E-state index in [9.17, 15) is 5.11 Å². The topological polar surface area (TPSA) is 52.5 Å². The Kier molecular flexibility index (Phi) is 8.15. The van der Waals surface area contributed by atoms with Gasteiger partial charge < -0.3 is 10.0 Å².